The Labute approximate surface area is 171 Å². The predicted octanol–water partition coefficient (Wildman–Crippen LogP) is 5.30. The Morgan fingerprint density at radius 1 is 1.14 bits per heavy atom. The molecule has 7 heteroatoms. The summed E-state index contributed by atoms with van der Waals surface area (Å²) in [5.41, 5.74) is 5.52. The number of aromatic nitrogens is 1. The van der Waals surface area contributed by atoms with Gasteiger partial charge in [0.15, 0.2) is 10.7 Å². The lowest BCUT2D eigenvalue weighted by molar-refractivity contribution is 0.0981. The van der Waals surface area contributed by atoms with Gasteiger partial charge >= 0.3 is 0 Å². The summed E-state index contributed by atoms with van der Waals surface area (Å²) in [4.78, 5) is 17.2. The van der Waals surface area contributed by atoms with Crippen molar-refractivity contribution in [3.8, 4) is 11.5 Å². The first-order valence-electron chi connectivity index (χ1n) is 8.63. The fourth-order valence-corrected chi connectivity index (χ4v) is 3.76. The number of thiocarbonyl (C=S) groups is 1. The molecule has 2 aromatic heterocycles. The third-order valence-electron chi connectivity index (χ3n) is 4.18. The quantitative estimate of drug-likeness (QED) is 0.451. The van der Waals surface area contributed by atoms with Crippen LogP contribution in [0, 0.1) is 13.8 Å². The minimum atomic E-state index is -0.221. The Balaban J connectivity index is 1.47. The molecule has 4 rings (SSSR count). The van der Waals surface area contributed by atoms with Gasteiger partial charge in [0.2, 0.25) is 5.89 Å². The summed E-state index contributed by atoms with van der Waals surface area (Å²) < 4.78 is 5.94. The van der Waals surface area contributed by atoms with E-state index < -0.39 is 0 Å². The van der Waals surface area contributed by atoms with Crippen LogP contribution in [-0.4, -0.2) is 16.0 Å². The van der Waals surface area contributed by atoms with Crippen LogP contribution in [0.3, 0.4) is 0 Å². The highest BCUT2D eigenvalue weighted by molar-refractivity contribution is 7.80. The molecule has 0 bridgehead atoms. The van der Waals surface area contributed by atoms with E-state index in [0.29, 0.717) is 10.8 Å². The fraction of sp³-hybridized carbons (Fsp3) is 0.0952. The van der Waals surface area contributed by atoms with Crippen LogP contribution in [0.1, 0.15) is 20.8 Å². The molecule has 28 heavy (non-hydrogen) atoms. The molecule has 0 radical (unpaired) electrons. The van der Waals surface area contributed by atoms with Crippen LogP contribution < -0.4 is 10.6 Å². The second kappa shape index (κ2) is 7.53. The summed E-state index contributed by atoms with van der Waals surface area (Å²) >= 11 is 6.58. The van der Waals surface area contributed by atoms with Gasteiger partial charge in [-0.25, -0.2) is 4.98 Å². The molecular formula is C21H17N3O2S2. The zero-order valence-electron chi connectivity index (χ0n) is 15.3. The molecule has 0 saturated carbocycles. The molecule has 0 aliphatic rings. The summed E-state index contributed by atoms with van der Waals surface area (Å²) in [6, 6.07) is 15.2. The highest BCUT2D eigenvalue weighted by atomic mass is 32.1. The van der Waals surface area contributed by atoms with Gasteiger partial charge in [-0.2, -0.15) is 0 Å². The minimum Gasteiger partial charge on any atom is -0.436 e. The van der Waals surface area contributed by atoms with Crippen LogP contribution in [0.25, 0.3) is 22.6 Å². The van der Waals surface area contributed by atoms with Gasteiger partial charge in [0.25, 0.3) is 5.91 Å². The third-order valence-corrected chi connectivity index (χ3v) is 5.25. The smallest absolute Gasteiger partial charge is 0.267 e. The summed E-state index contributed by atoms with van der Waals surface area (Å²) in [5.74, 6) is 0.352. The molecule has 2 N–H and O–H groups in total. The molecule has 0 atom stereocenters. The number of anilines is 1. The molecule has 0 aliphatic heterocycles. The summed E-state index contributed by atoms with van der Waals surface area (Å²) in [6.45, 7) is 4.06. The van der Waals surface area contributed by atoms with Crippen molar-refractivity contribution in [2.75, 3.05) is 5.32 Å². The number of amides is 1. The number of hydrogen-bond acceptors (Lipinski definition) is 5. The standard InChI is InChI=1S/C21H17N3O2S2/c1-12-10-13(2)18-16(11-12)23-20(26-18)14-5-7-15(8-6-14)22-21(27)24-19(25)17-4-3-9-28-17/h3-11H,1-2H3,(H2,22,24,25,27). The molecule has 0 aliphatic carbocycles. The van der Waals surface area contributed by atoms with Crippen molar-refractivity contribution >= 4 is 51.4 Å². The van der Waals surface area contributed by atoms with Crippen LogP contribution in [0.5, 0.6) is 0 Å². The maximum atomic E-state index is 12.0. The molecule has 2 heterocycles. The molecule has 1 amide bonds. The normalized spacial score (nSPS) is 10.8. The Morgan fingerprint density at radius 2 is 1.93 bits per heavy atom. The van der Waals surface area contributed by atoms with Gasteiger partial charge in [-0.15, -0.1) is 11.3 Å². The van der Waals surface area contributed by atoms with Crippen LogP contribution >= 0.6 is 23.6 Å². The lowest BCUT2D eigenvalue weighted by Crippen LogP contribution is -2.33. The van der Waals surface area contributed by atoms with Crippen molar-refractivity contribution < 1.29 is 9.21 Å². The van der Waals surface area contributed by atoms with E-state index >= 15 is 0 Å². The average molecular weight is 408 g/mol. The number of nitrogens with one attached hydrogen (secondary N) is 2. The molecule has 0 fully saturated rings. The average Bonchev–Trinajstić information content (AvgIpc) is 3.32. The van der Waals surface area contributed by atoms with E-state index in [0.717, 1.165) is 33.5 Å². The van der Waals surface area contributed by atoms with Crippen molar-refractivity contribution in [1.29, 1.82) is 0 Å². The van der Waals surface area contributed by atoms with E-state index in [9.17, 15) is 4.79 Å². The predicted molar refractivity (Wildman–Crippen MR) is 117 cm³/mol. The number of fused-ring (bicyclic) bond motifs is 1. The minimum absolute atomic E-state index is 0.221. The van der Waals surface area contributed by atoms with Gasteiger partial charge in [-0.3, -0.25) is 10.1 Å². The first-order chi connectivity index (χ1) is 13.5. The number of hydrogen-bond donors (Lipinski definition) is 2. The van der Waals surface area contributed by atoms with Crippen molar-refractivity contribution in [2.24, 2.45) is 0 Å². The first-order valence-corrected chi connectivity index (χ1v) is 9.92. The monoisotopic (exact) mass is 407 g/mol. The van der Waals surface area contributed by atoms with Crippen molar-refractivity contribution in [1.82, 2.24) is 10.3 Å². The molecule has 2 aromatic carbocycles. The fourth-order valence-electron chi connectivity index (χ4n) is 2.93. The Kier molecular flexibility index (Phi) is 4.93. The van der Waals surface area contributed by atoms with Crippen LogP contribution in [0.15, 0.2) is 58.3 Å². The van der Waals surface area contributed by atoms with Crippen LogP contribution in [0.2, 0.25) is 0 Å². The highest BCUT2D eigenvalue weighted by Gasteiger charge is 2.12. The number of rotatable bonds is 3. The molecule has 140 valence electrons. The third kappa shape index (κ3) is 3.81. The van der Waals surface area contributed by atoms with Crippen molar-refractivity contribution in [3.63, 3.8) is 0 Å². The highest BCUT2D eigenvalue weighted by Crippen LogP contribution is 2.28. The van der Waals surface area contributed by atoms with E-state index in [1.54, 1.807) is 6.07 Å². The van der Waals surface area contributed by atoms with Gasteiger partial charge in [0, 0.05) is 11.3 Å². The van der Waals surface area contributed by atoms with E-state index in [-0.39, 0.29) is 11.0 Å². The number of oxazole rings is 1. The molecule has 0 saturated heterocycles. The molecular weight excluding hydrogens is 390 g/mol. The number of aryl methyl sites for hydroxylation is 2. The van der Waals surface area contributed by atoms with Gasteiger partial charge in [0.05, 0.1) is 4.88 Å². The summed E-state index contributed by atoms with van der Waals surface area (Å²) in [6.07, 6.45) is 0. The second-order valence-corrected chi connectivity index (χ2v) is 7.77. The van der Waals surface area contributed by atoms with Gasteiger partial charge < -0.3 is 9.73 Å². The van der Waals surface area contributed by atoms with E-state index in [2.05, 4.69) is 21.7 Å². The largest absolute Gasteiger partial charge is 0.436 e. The van der Waals surface area contributed by atoms with Gasteiger partial charge in [-0.05, 0) is 79.0 Å². The topological polar surface area (TPSA) is 67.2 Å². The maximum absolute atomic E-state index is 12.0. The Bertz CT molecular complexity index is 1160. The molecule has 4 aromatic rings. The molecule has 5 nitrogen and oxygen atoms in total. The van der Waals surface area contributed by atoms with Crippen molar-refractivity contribution in [3.05, 3.63) is 69.9 Å². The van der Waals surface area contributed by atoms with E-state index in [1.165, 1.54) is 11.3 Å². The number of carbonyl (C=O) groups excluding carboxylic acids is 1. The van der Waals surface area contributed by atoms with Gasteiger partial charge in [-0.1, -0.05) is 12.1 Å². The number of benzene rings is 2. The van der Waals surface area contributed by atoms with Crippen LogP contribution in [0.4, 0.5) is 5.69 Å². The van der Waals surface area contributed by atoms with E-state index in [4.69, 9.17) is 16.6 Å². The lowest BCUT2D eigenvalue weighted by Gasteiger charge is -2.09. The molecule has 0 unspecified atom stereocenters. The van der Waals surface area contributed by atoms with E-state index in [1.807, 2.05) is 55.6 Å². The zero-order valence-corrected chi connectivity index (χ0v) is 16.9. The summed E-state index contributed by atoms with van der Waals surface area (Å²) in [5, 5.41) is 7.77. The number of thiophene rings is 1. The SMILES string of the molecule is Cc1cc(C)c2oc(-c3ccc(NC(=S)NC(=O)c4cccs4)cc3)nc2c1. The Hall–Kier alpha value is -3.03. The first kappa shape index (κ1) is 18.3. The number of carbonyl (C=O) groups is 1. The molecule has 0 spiro atoms. The zero-order chi connectivity index (χ0) is 19.7. The second-order valence-electron chi connectivity index (χ2n) is 6.41. The number of nitrogens with zero attached hydrogens (tertiary/aromatic N) is 1. The maximum Gasteiger partial charge on any atom is 0.267 e. The van der Waals surface area contributed by atoms with Crippen LogP contribution in [-0.2, 0) is 0 Å². The van der Waals surface area contributed by atoms with Crippen molar-refractivity contribution in [2.45, 2.75) is 13.8 Å². The van der Waals surface area contributed by atoms with Gasteiger partial charge in [0.1, 0.15) is 5.52 Å². The lowest BCUT2D eigenvalue weighted by atomic mass is 10.1. The summed E-state index contributed by atoms with van der Waals surface area (Å²) in [7, 11) is 0. The Morgan fingerprint density at radius 3 is 2.64 bits per heavy atom.